The van der Waals surface area contributed by atoms with Crippen molar-refractivity contribution in [2.24, 2.45) is 0 Å². The third-order valence-corrected chi connectivity index (χ3v) is 8.04. The molecule has 0 fully saturated rings. The van der Waals surface area contributed by atoms with Crippen LogP contribution in [0.1, 0.15) is 40.2 Å². The molecule has 1 amide bonds. The summed E-state index contributed by atoms with van der Waals surface area (Å²) in [6, 6.07) is 23.1. The first-order chi connectivity index (χ1) is 18.6. The Balaban J connectivity index is 1.46. The van der Waals surface area contributed by atoms with Crippen LogP contribution in [0.2, 0.25) is 0 Å². The number of rotatable bonds is 6. The van der Waals surface area contributed by atoms with Gasteiger partial charge in [0.25, 0.3) is 5.56 Å². The molecule has 0 aliphatic carbocycles. The maximum Gasteiger partial charge on any atom is 0.258 e. The van der Waals surface area contributed by atoms with Crippen LogP contribution < -0.4 is 20.3 Å². The number of aromatic nitrogens is 2. The van der Waals surface area contributed by atoms with E-state index in [1.54, 1.807) is 30.6 Å². The fourth-order valence-corrected chi connectivity index (χ4v) is 6.34. The predicted octanol–water partition coefficient (Wildman–Crippen LogP) is 6.02. The predicted molar refractivity (Wildman–Crippen MR) is 149 cm³/mol. The summed E-state index contributed by atoms with van der Waals surface area (Å²) in [6.45, 7) is 2.13. The number of benzene rings is 3. The van der Waals surface area contributed by atoms with Gasteiger partial charge in [-0.1, -0.05) is 49.4 Å². The summed E-state index contributed by atoms with van der Waals surface area (Å²) in [5.41, 5.74) is 2.94. The lowest BCUT2D eigenvalue weighted by Gasteiger charge is -2.25. The van der Waals surface area contributed by atoms with Gasteiger partial charge in [0.05, 0.1) is 29.9 Å². The highest BCUT2D eigenvalue weighted by atomic mass is 32.1. The Morgan fingerprint density at radius 3 is 2.61 bits per heavy atom. The number of H-pyrrole nitrogens is 1. The molecular formula is C30H25N3O4S. The Morgan fingerprint density at radius 1 is 1.08 bits per heavy atom. The van der Waals surface area contributed by atoms with Crippen LogP contribution in [-0.4, -0.2) is 23.0 Å². The van der Waals surface area contributed by atoms with E-state index in [0.29, 0.717) is 17.0 Å². The third kappa shape index (κ3) is 4.22. The van der Waals surface area contributed by atoms with Crippen molar-refractivity contribution in [2.45, 2.75) is 25.7 Å². The molecule has 0 saturated carbocycles. The quantitative estimate of drug-likeness (QED) is 0.278. The van der Waals surface area contributed by atoms with E-state index in [1.165, 1.54) is 5.56 Å². The van der Waals surface area contributed by atoms with E-state index in [1.807, 2.05) is 54.6 Å². The number of hydrogen-bond donors (Lipinski definition) is 2. The maximum absolute atomic E-state index is 13.6. The van der Waals surface area contributed by atoms with Gasteiger partial charge in [0.1, 0.15) is 11.6 Å². The van der Waals surface area contributed by atoms with E-state index in [2.05, 4.69) is 28.3 Å². The molecule has 2 aromatic heterocycles. The Bertz CT molecular complexity index is 1710. The zero-order valence-corrected chi connectivity index (χ0v) is 21.7. The number of aromatic amines is 1. The van der Waals surface area contributed by atoms with Crippen LogP contribution in [0.3, 0.4) is 0 Å². The molecule has 5 aromatic rings. The van der Waals surface area contributed by atoms with Crippen molar-refractivity contribution >= 4 is 33.0 Å². The van der Waals surface area contributed by atoms with E-state index < -0.39 is 0 Å². The van der Waals surface area contributed by atoms with E-state index in [0.717, 1.165) is 32.7 Å². The van der Waals surface area contributed by atoms with Crippen LogP contribution in [0.5, 0.6) is 17.4 Å². The Hall–Kier alpha value is -4.43. The number of carbonyl (C=O) groups is 1. The summed E-state index contributed by atoms with van der Waals surface area (Å²) in [4.78, 5) is 34.7. The van der Waals surface area contributed by atoms with Gasteiger partial charge in [-0.2, -0.15) is 4.98 Å². The molecule has 0 saturated heterocycles. The summed E-state index contributed by atoms with van der Waals surface area (Å²) in [7, 11) is 1.62. The summed E-state index contributed by atoms with van der Waals surface area (Å²) in [6.07, 6.45) is 0.793. The van der Waals surface area contributed by atoms with E-state index in [-0.39, 0.29) is 35.5 Å². The molecule has 1 aliphatic rings. The number of aryl methyl sites for hydroxylation is 1. The third-order valence-electron chi connectivity index (χ3n) is 6.71. The molecule has 0 spiro atoms. The second-order valence-electron chi connectivity index (χ2n) is 9.07. The summed E-state index contributed by atoms with van der Waals surface area (Å²) in [5.74, 6) is 1.27. The molecule has 3 aromatic carbocycles. The smallest absolute Gasteiger partial charge is 0.258 e. The average molecular weight is 524 g/mol. The summed E-state index contributed by atoms with van der Waals surface area (Å²) < 4.78 is 12.9. The lowest BCUT2D eigenvalue weighted by atomic mass is 9.89. The highest BCUT2D eigenvalue weighted by Gasteiger charge is 2.36. The second-order valence-corrected chi connectivity index (χ2v) is 10.1. The molecule has 3 heterocycles. The second kappa shape index (κ2) is 9.79. The van der Waals surface area contributed by atoms with Crippen molar-refractivity contribution in [3.05, 3.63) is 111 Å². The van der Waals surface area contributed by atoms with Gasteiger partial charge in [0.15, 0.2) is 5.75 Å². The van der Waals surface area contributed by atoms with Crippen molar-refractivity contribution in [3.63, 3.8) is 0 Å². The number of anilines is 1. The van der Waals surface area contributed by atoms with Gasteiger partial charge >= 0.3 is 0 Å². The van der Waals surface area contributed by atoms with Crippen molar-refractivity contribution in [3.8, 4) is 17.4 Å². The van der Waals surface area contributed by atoms with Crippen LogP contribution in [-0.2, 0) is 17.6 Å². The lowest BCUT2D eigenvalue weighted by Crippen LogP contribution is -2.26. The molecular weight excluding hydrogens is 498 g/mol. The van der Waals surface area contributed by atoms with Crippen molar-refractivity contribution in [1.29, 1.82) is 0 Å². The Labute approximate surface area is 223 Å². The number of nitrogens with zero attached hydrogens (tertiary/aromatic N) is 1. The lowest BCUT2D eigenvalue weighted by molar-refractivity contribution is -0.115. The highest BCUT2D eigenvalue weighted by molar-refractivity contribution is 7.19. The zero-order valence-electron chi connectivity index (χ0n) is 20.9. The molecule has 2 N–H and O–H groups in total. The molecule has 8 heteroatoms. The largest absolute Gasteiger partial charge is 0.497 e. The van der Waals surface area contributed by atoms with Crippen LogP contribution in [0.4, 0.5) is 5.69 Å². The van der Waals surface area contributed by atoms with Gasteiger partial charge in [-0.3, -0.25) is 9.59 Å². The molecule has 38 heavy (non-hydrogen) atoms. The molecule has 7 nitrogen and oxygen atoms in total. The molecule has 0 radical (unpaired) electrons. The van der Waals surface area contributed by atoms with Gasteiger partial charge in [-0.25, -0.2) is 0 Å². The summed E-state index contributed by atoms with van der Waals surface area (Å²) >= 11 is 1.65. The van der Waals surface area contributed by atoms with Gasteiger partial charge in [-0.15, -0.1) is 11.3 Å². The van der Waals surface area contributed by atoms with Crippen molar-refractivity contribution in [1.82, 2.24) is 9.97 Å². The molecule has 0 bridgehead atoms. The number of para-hydroxylation sites is 1. The minimum Gasteiger partial charge on any atom is -0.497 e. The number of amides is 1. The number of thiophene rings is 1. The molecule has 1 aliphatic heterocycles. The van der Waals surface area contributed by atoms with Crippen LogP contribution in [0.25, 0.3) is 10.1 Å². The SMILES string of the molecule is CCc1cccc2c3c(sc12)C(c1ccc(OC)cc1)c1c(nc(CC(=O)Nc2ccccc2)[nH]c1=O)O3. The maximum atomic E-state index is 13.6. The van der Waals surface area contributed by atoms with E-state index >= 15 is 0 Å². The van der Waals surface area contributed by atoms with Gasteiger partial charge in [-0.05, 0) is 47.9 Å². The summed E-state index contributed by atoms with van der Waals surface area (Å²) in [5, 5.41) is 3.83. The monoisotopic (exact) mass is 523 g/mol. The zero-order chi connectivity index (χ0) is 26.2. The molecule has 190 valence electrons. The van der Waals surface area contributed by atoms with Crippen molar-refractivity contribution in [2.75, 3.05) is 12.4 Å². The topological polar surface area (TPSA) is 93.3 Å². The number of fused-ring (bicyclic) bond motifs is 4. The number of ether oxygens (including phenoxy) is 2. The Kier molecular flexibility index (Phi) is 6.17. The normalized spacial score (nSPS) is 13.9. The molecule has 1 atom stereocenters. The van der Waals surface area contributed by atoms with Crippen molar-refractivity contribution < 1.29 is 14.3 Å². The van der Waals surface area contributed by atoms with Gasteiger partial charge in [0.2, 0.25) is 11.8 Å². The van der Waals surface area contributed by atoms with Gasteiger partial charge in [0, 0.05) is 15.8 Å². The first-order valence-electron chi connectivity index (χ1n) is 12.4. The van der Waals surface area contributed by atoms with Gasteiger partial charge < -0.3 is 19.8 Å². The number of carbonyl (C=O) groups excluding carboxylic acids is 1. The average Bonchev–Trinajstić information content (AvgIpc) is 3.31. The highest BCUT2D eigenvalue weighted by Crippen LogP contribution is 2.53. The molecule has 1 unspecified atom stereocenters. The van der Waals surface area contributed by atoms with Crippen LogP contribution in [0, 0.1) is 0 Å². The first-order valence-corrected chi connectivity index (χ1v) is 13.2. The standard InChI is InChI=1S/C30H25N3O4S/c1-3-17-8-7-11-21-26-28(38-27(17)21)24(18-12-14-20(36-2)15-13-18)25-29(35)32-22(33-30(25)37-26)16-23(34)31-19-9-5-4-6-10-19/h4-15,24H,3,16H2,1-2H3,(H,31,34)(H,32,33,35). The van der Waals surface area contributed by atoms with E-state index in [9.17, 15) is 9.59 Å². The Morgan fingerprint density at radius 2 is 1.87 bits per heavy atom. The first kappa shape index (κ1) is 23.9. The minimum absolute atomic E-state index is 0.0921. The van der Waals surface area contributed by atoms with E-state index in [4.69, 9.17) is 9.47 Å². The fourth-order valence-electron chi connectivity index (χ4n) is 4.89. The van der Waals surface area contributed by atoms with Crippen LogP contribution in [0.15, 0.2) is 77.6 Å². The minimum atomic E-state index is -0.370. The number of hydrogen-bond acceptors (Lipinski definition) is 6. The molecule has 6 rings (SSSR count). The number of nitrogens with one attached hydrogen (secondary N) is 2. The fraction of sp³-hybridized carbons (Fsp3) is 0.167. The number of methoxy groups -OCH3 is 1. The van der Waals surface area contributed by atoms with Crippen LogP contribution >= 0.6 is 11.3 Å².